The van der Waals surface area contributed by atoms with Crippen molar-refractivity contribution in [2.45, 2.75) is 6.92 Å². The molecule has 0 atom stereocenters. The average molecular weight is 188 g/mol. The van der Waals surface area contributed by atoms with Gasteiger partial charge in [0, 0.05) is 18.1 Å². The quantitative estimate of drug-likeness (QED) is 0.663. The Morgan fingerprint density at radius 1 is 1.21 bits per heavy atom. The van der Waals surface area contributed by atoms with Gasteiger partial charge in [0.1, 0.15) is 0 Å². The topological polar surface area (TPSA) is 69.9 Å². The number of nitrogen functional groups attached to an aromatic ring is 2. The van der Waals surface area contributed by atoms with Crippen LogP contribution < -0.4 is 11.5 Å². The van der Waals surface area contributed by atoms with Gasteiger partial charge in [0.25, 0.3) is 0 Å². The predicted octanol–water partition coefficient (Wildman–Crippen LogP) is 1.35. The smallest absolute Gasteiger partial charge is 0.0992 e. The maximum atomic E-state index is 5.88. The van der Waals surface area contributed by atoms with E-state index in [2.05, 4.69) is 4.98 Å². The zero-order valence-corrected chi connectivity index (χ0v) is 7.94. The molecule has 0 amide bonds. The molecule has 0 aliphatic rings. The van der Waals surface area contributed by atoms with E-state index in [1.54, 1.807) is 12.5 Å². The van der Waals surface area contributed by atoms with E-state index >= 15 is 0 Å². The summed E-state index contributed by atoms with van der Waals surface area (Å²) in [4.78, 5) is 3.96. The van der Waals surface area contributed by atoms with Gasteiger partial charge in [-0.15, -0.1) is 0 Å². The van der Waals surface area contributed by atoms with Gasteiger partial charge in [-0.3, -0.25) is 0 Å². The van der Waals surface area contributed by atoms with Crippen LogP contribution in [0.3, 0.4) is 0 Å². The van der Waals surface area contributed by atoms with Gasteiger partial charge in [0.2, 0.25) is 0 Å². The van der Waals surface area contributed by atoms with E-state index in [0.717, 1.165) is 16.9 Å². The van der Waals surface area contributed by atoms with Gasteiger partial charge in [-0.25, -0.2) is 4.98 Å². The first-order valence-corrected chi connectivity index (χ1v) is 4.32. The third-order valence-corrected chi connectivity index (χ3v) is 2.20. The Hall–Kier alpha value is -1.97. The van der Waals surface area contributed by atoms with E-state index in [1.165, 1.54) is 0 Å². The lowest BCUT2D eigenvalue weighted by atomic mass is 10.1. The van der Waals surface area contributed by atoms with Crippen molar-refractivity contribution >= 4 is 11.4 Å². The fourth-order valence-electron chi connectivity index (χ4n) is 1.36. The lowest BCUT2D eigenvalue weighted by Gasteiger charge is -2.09. The largest absolute Gasteiger partial charge is 0.398 e. The van der Waals surface area contributed by atoms with Crippen LogP contribution in [0, 0.1) is 6.92 Å². The summed E-state index contributed by atoms with van der Waals surface area (Å²) in [7, 11) is 0. The van der Waals surface area contributed by atoms with Crippen molar-refractivity contribution in [3.05, 3.63) is 36.4 Å². The van der Waals surface area contributed by atoms with Gasteiger partial charge < -0.3 is 16.0 Å². The third-order valence-electron chi connectivity index (χ3n) is 2.20. The molecule has 0 unspecified atom stereocenters. The molecular formula is C10H12N4. The Labute approximate surface area is 82.2 Å². The lowest BCUT2D eigenvalue weighted by molar-refractivity contribution is 1.06. The Balaban J connectivity index is 2.60. The van der Waals surface area contributed by atoms with Crippen molar-refractivity contribution in [3.63, 3.8) is 0 Å². The van der Waals surface area contributed by atoms with Gasteiger partial charge in [0.05, 0.1) is 17.7 Å². The second-order valence-electron chi connectivity index (χ2n) is 3.24. The molecule has 4 nitrogen and oxygen atoms in total. The molecule has 0 aliphatic heterocycles. The van der Waals surface area contributed by atoms with Crippen LogP contribution in [-0.2, 0) is 0 Å². The third kappa shape index (κ3) is 1.31. The zero-order valence-electron chi connectivity index (χ0n) is 7.94. The standard InChI is InChI=1S/C10H12N4/c1-7-4-9(12)10(5-8(7)11)14-3-2-13-6-14/h2-6H,11-12H2,1H3. The number of aromatic nitrogens is 2. The first-order chi connectivity index (χ1) is 6.68. The number of imidazole rings is 1. The molecule has 0 saturated heterocycles. The Morgan fingerprint density at radius 2 is 2.00 bits per heavy atom. The minimum atomic E-state index is 0.703. The van der Waals surface area contributed by atoms with E-state index in [4.69, 9.17) is 11.5 Å². The number of benzene rings is 1. The minimum absolute atomic E-state index is 0.703. The summed E-state index contributed by atoms with van der Waals surface area (Å²) in [6, 6.07) is 3.72. The Morgan fingerprint density at radius 3 is 2.64 bits per heavy atom. The predicted molar refractivity (Wildman–Crippen MR) is 57.1 cm³/mol. The molecule has 0 spiro atoms. The van der Waals surface area contributed by atoms with Gasteiger partial charge >= 0.3 is 0 Å². The molecule has 0 saturated carbocycles. The highest BCUT2D eigenvalue weighted by Gasteiger charge is 2.03. The highest BCUT2D eigenvalue weighted by molar-refractivity contribution is 5.67. The molecule has 4 N–H and O–H groups in total. The summed E-state index contributed by atoms with van der Waals surface area (Å²) in [5, 5.41) is 0. The molecule has 0 bridgehead atoms. The SMILES string of the molecule is Cc1cc(N)c(-n2ccnc2)cc1N. The lowest BCUT2D eigenvalue weighted by Crippen LogP contribution is -2.00. The van der Waals surface area contributed by atoms with Crippen LogP contribution in [0.15, 0.2) is 30.9 Å². The van der Waals surface area contributed by atoms with Crippen molar-refractivity contribution in [2.75, 3.05) is 11.5 Å². The highest BCUT2D eigenvalue weighted by atomic mass is 15.0. The maximum Gasteiger partial charge on any atom is 0.0992 e. The summed E-state index contributed by atoms with van der Waals surface area (Å²) in [6.07, 6.45) is 5.23. The molecule has 1 heterocycles. The minimum Gasteiger partial charge on any atom is -0.398 e. The van der Waals surface area contributed by atoms with E-state index < -0.39 is 0 Å². The van der Waals surface area contributed by atoms with Crippen LogP contribution in [0.2, 0.25) is 0 Å². The van der Waals surface area contributed by atoms with Gasteiger partial charge in [0.15, 0.2) is 0 Å². The molecule has 2 aromatic rings. The Kier molecular flexibility index (Phi) is 1.89. The zero-order chi connectivity index (χ0) is 10.1. The van der Waals surface area contributed by atoms with Crippen LogP contribution in [0.5, 0.6) is 0 Å². The van der Waals surface area contributed by atoms with Crippen molar-refractivity contribution in [1.82, 2.24) is 9.55 Å². The van der Waals surface area contributed by atoms with Crippen molar-refractivity contribution in [2.24, 2.45) is 0 Å². The van der Waals surface area contributed by atoms with Gasteiger partial charge in [-0.05, 0) is 24.6 Å². The highest BCUT2D eigenvalue weighted by Crippen LogP contribution is 2.23. The van der Waals surface area contributed by atoms with Crippen LogP contribution >= 0.6 is 0 Å². The fraction of sp³-hybridized carbons (Fsp3) is 0.100. The molecule has 72 valence electrons. The van der Waals surface area contributed by atoms with Crippen molar-refractivity contribution in [3.8, 4) is 5.69 Å². The normalized spacial score (nSPS) is 10.4. The maximum absolute atomic E-state index is 5.88. The van der Waals surface area contributed by atoms with E-state index in [0.29, 0.717) is 5.69 Å². The summed E-state index contributed by atoms with van der Waals surface area (Å²) >= 11 is 0. The van der Waals surface area contributed by atoms with Gasteiger partial charge in [-0.2, -0.15) is 0 Å². The Bertz CT molecular complexity index is 445. The van der Waals surface area contributed by atoms with E-state index in [-0.39, 0.29) is 0 Å². The summed E-state index contributed by atoms with van der Waals surface area (Å²) < 4.78 is 1.84. The van der Waals surface area contributed by atoms with E-state index in [1.807, 2.05) is 29.8 Å². The molecule has 2 rings (SSSR count). The number of aryl methyl sites for hydroxylation is 1. The number of hydrogen-bond acceptors (Lipinski definition) is 3. The second kappa shape index (κ2) is 3.06. The number of anilines is 2. The molecule has 0 fully saturated rings. The number of hydrogen-bond donors (Lipinski definition) is 2. The summed E-state index contributed by atoms with van der Waals surface area (Å²) in [5.41, 5.74) is 15.0. The summed E-state index contributed by atoms with van der Waals surface area (Å²) in [5.74, 6) is 0. The van der Waals surface area contributed by atoms with Crippen LogP contribution in [0.1, 0.15) is 5.56 Å². The molecular weight excluding hydrogens is 176 g/mol. The monoisotopic (exact) mass is 188 g/mol. The molecule has 1 aromatic heterocycles. The van der Waals surface area contributed by atoms with Gasteiger partial charge in [-0.1, -0.05) is 0 Å². The van der Waals surface area contributed by atoms with Crippen LogP contribution in [0.4, 0.5) is 11.4 Å². The van der Waals surface area contributed by atoms with Crippen molar-refractivity contribution < 1.29 is 0 Å². The van der Waals surface area contributed by atoms with E-state index in [9.17, 15) is 0 Å². The first-order valence-electron chi connectivity index (χ1n) is 4.32. The average Bonchev–Trinajstić information content (AvgIpc) is 2.64. The number of nitrogens with zero attached hydrogens (tertiary/aromatic N) is 2. The van der Waals surface area contributed by atoms with Crippen molar-refractivity contribution in [1.29, 1.82) is 0 Å². The fourth-order valence-corrected chi connectivity index (χ4v) is 1.36. The number of nitrogens with two attached hydrogens (primary N) is 2. The van der Waals surface area contributed by atoms with Crippen LogP contribution in [-0.4, -0.2) is 9.55 Å². The molecule has 0 aliphatic carbocycles. The molecule has 14 heavy (non-hydrogen) atoms. The summed E-state index contributed by atoms with van der Waals surface area (Å²) in [6.45, 7) is 1.93. The second-order valence-corrected chi connectivity index (χ2v) is 3.24. The molecule has 0 radical (unpaired) electrons. The number of rotatable bonds is 1. The molecule has 1 aromatic carbocycles. The molecule has 4 heteroatoms. The van der Waals surface area contributed by atoms with Crippen LogP contribution in [0.25, 0.3) is 5.69 Å². The first kappa shape index (κ1) is 8.62.